The molecule has 0 aliphatic heterocycles. The molecule has 0 aliphatic carbocycles. The van der Waals surface area contributed by atoms with E-state index >= 15 is 0 Å². The van der Waals surface area contributed by atoms with Gasteiger partial charge in [-0.1, -0.05) is 0 Å². The monoisotopic (exact) mass is 350 g/mol. The Balaban J connectivity index is 2.29. The second-order valence-corrected chi connectivity index (χ2v) is 6.71. The minimum absolute atomic E-state index is 1.16. The van der Waals surface area contributed by atoms with Crippen molar-refractivity contribution in [3.8, 4) is 0 Å². The van der Waals surface area contributed by atoms with Crippen molar-refractivity contribution in [3.63, 3.8) is 0 Å². The first-order valence-corrected chi connectivity index (χ1v) is 8.07. The topological polar surface area (TPSA) is 0 Å². The van der Waals surface area contributed by atoms with E-state index in [0.29, 0.717) is 0 Å². The molecule has 0 N–H and O–H groups in total. The van der Waals surface area contributed by atoms with Gasteiger partial charge in [0, 0.05) is 0 Å². The van der Waals surface area contributed by atoms with Crippen LogP contribution in [0.15, 0.2) is 66.7 Å². The Labute approximate surface area is 125 Å². The summed E-state index contributed by atoms with van der Waals surface area (Å²) < 4.78 is 1.48. The van der Waals surface area contributed by atoms with E-state index in [4.69, 9.17) is 0 Å². The average Bonchev–Trinajstić information content (AvgIpc) is 2.45. The van der Waals surface area contributed by atoms with Crippen LogP contribution in [0.5, 0.6) is 0 Å². The van der Waals surface area contributed by atoms with Gasteiger partial charge in [-0.3, -0.25) is 0 Å². The van der Waals surface area contributed by atoms with Gasteiger partial charge in [-0.25, -0.2) is 0 Å². The van der Waals surface area contributed by atoms with Gasteiger partial charge in [-0.2, -0.15) is 0 Å². The third kappa shape index (κ3) is 1.75. The van der Waals surface area contributed by atoms with Gasteiger partial charge in [0.1, 0.15) is 0 Å². The van der Waals surface area contributed by atoms with Crippen LogP contribution >= 0.6 is 0 Å². The van der Waals surface area contributed by atoms with Crippen molar-refractivity contribution in [2.45, 2.75) is 0 Å². The first-order chi connectivity index (χ1) is 9.33. The zero-order valence-corrected chi connectivity index (χ0v) is 13.7. The Morgan fingerprint density at radius 1 is 0.579 bits per heavy atom. The summed E-state index contributed by atoms with van der Waals surface area (Å²) in [6.07, 6.45) is 0. The molecule has 0 aromatic heterocycles. The molecule has 0 heterocycles. The van der Waals surface area contributed by atoms with Gasteiger partial charge in [-0.15, -0.1) is 0 Å². The van der Waals surface area contributed by atoms with E-state index in [1.165, 1.54) is 35.8 Å². The van der Waals surface area contributed by atoms with E-state index in [-0.39, 0.29) is 0 Å². The number of hydrogen-bond donors (Lipinski definition) is 0. The number of fused-ring (bicyclic) bond motifs is 4. The second kappa shape index (κ2) is 4.25. The first kappa shape index (κ1) is 11.3. The van der Waals surface area contributed by atoms with Crippen LogP contribution in [0.2, 0.25) is 0 Å². The number of rotatable bonds is 0. The van der Waals surface area contributed by atoms with Crippen molar-refractivity contribution in [2.75, 3.05) is 0 Å². The standard InChI is InChI=1S/C18H11.Sb.2H/c1-2-7-15-12-18-16(11-14(15)6-1)10-9-13-5-3-4-8-17(13)18;;;/h1-7,9-12H;;;. The zero-order chi connectivity index (χ0) is 12.8. The van der Waals surface area contributed by atoms with Crippen LogP contribution in [-0.4, -0.2) is 23.0 Å². The molecule has 0 saturated heterocycles. The van der Waals surface area contributed by atoms with E-state index in [0.717, 1.165) is 23.0 Å². The van der Waals surface area contributed by atoms with Crippen molar-refractivity contribution in [3.05, 3.63) is 66.7 Å². The van der Waals surface area contributed by atoms with Gasteiger partial charge in [0.25, 0.3) is 0 Å². The minimum atomic E-state index is 1.16. The summed E-state index contributed by atoms with van der Waals surface area (Å²) in [5, 5.41) is 8.17. The summed E-state index contributed by atoms with van der Waals surface area (Å²) in [4.78, 5) is 0. The normalized spacial score (nSPS) is 11.4. The fraction of sp³-hybridized carbons (Fsp3) is 0. The van der Waals surface area contributed by atoms with Gasteiger partial charge >= 0.3 is 126 Å². The van der Waals surface area contributed by atoms with Crippen molar-refractivity contribution < 1.29 is 0 Å². The predicted octanol–water partition coefficient (Wildman–Crippen LogP) is 3.40. The maximum atomic E-state index is 2.34. The molecule has 0 saturated carbocycles. The van der Waals surface area contributed by atoms with Crippen molar-refractivity contribution in [1.29, 1.82) is 0 Å². The first-order valence-electron chi connectivity index (χ1n) is 6.43. The van der Waals surface area contributed by atoms with Gasteiger partial charge in [-0.05, 0) is 0 Å². The van der Waals surface area contributed by atoms with E-state index in [1.54, 1.807) is 0 Å². The molecular weight excluding hydrogens is 338 g/mol. The molecule has 0 fully saturated rings. The van der Waals surface area contributed by atoms with Gasteiger partial charge < -0.3 is 0 Å². The molecule has 0 unspecified atom stereocenters. The SMILES string of the molecule is [SbH2][c]1cccc2ccc3cc4ccccc4cc3c12. The Kier molecular flexibility index (Phi) is 2.53. The second-order valence-electron chi connectivity index (χ2n) is 4.93. The Morgan fingerprint density at radius 2 is 1.26 bits per heavy atom. The summed E-state index contributed by atoms with van der Waals surface area (Å²) in [6.45, 7) is 0. The van der Waals surface area contributed by atoms with Crippen molar-refractivity contribution >= 4 is 58.8 Å². The quantitative estimate of drug-likeness (QED) is 0.259. The summed E-state index contributed by atoms with van der Waals surface area (Å²) in [5.74, 6) is 0. The molecule has 90 valence electrons. The van der Waals surface area contributed by atoms with E-state index in [1.807, 2.05) is 0 Å². The van der Waals surface area contributed by atoms with Crippen LogP contribution in [0.4, 0.5) is 0 Å². The molecule has 0 aliphatic rings. The fourth-order valence-electron chi connectivity index (χ4n) is 2.83. The summed E-state index contributed by atoms with van der Waals surface area (Å²) in [6, 6.07) is 24.3. The van der Waals surface area contributed by atoms with Crippen LogP contribution in [0.25, 0.3) is 32.3 Å². The van der Waals surface area contributed by atoms with Crippen LogP contribution < -0.4 is 3.51 Å². The van der Waals surface area contributed by atoms with Crippen LogP contribution in [0.1, 0.15) is 0 Å². The molecule has 0 spiro atoms. The third-order valence-corrected chi connectivity index (χ3v) is 5.13. The van der Waals surface area contributed by atoms with Crippen LogP contribution in [0.3, 0.4) is 0 Å². The summed E-state index contributed by atoms with van der Waals surface area (Å²) in [5.41, 5.74) is 0. The fourth-order valence-corrected chi connectivity index (χ4v) is 4.07. The Hall–Kier alpha value is -1.52. The molecule has 1 heteroatoms. The molecule has 0 radical (unpaired) electrons. The molecule has 0 nitrogen and oxygen atoms in total. The van der Waals surface area contributed by atoms with Gasteiger partial charge in [0.15, 0.2) is 0 Å². The van der Waals surface area contributed by atoms with E-state index in [2.05, 4.69) is 66.7 Å². The Morgan fingerprint density at radius 3 is 2.11 bits per heavy atom. The molecule has 0 amide bonds. The van der Waals surface area contributed by atoms with Crippen LogP contribution in [0, 0.1) is 0 Å². The van der Waals surface area contributed by atoms with Gasteiger partial charge in [0.05, 0.1) is 0 Å². The molecular formula is C18H13Sb. The van der Waals surface area contributed by atoms with E-state index in [9.17, 15) is 0 Å². The molecule has 19 heavy (non-hydrogen) atoms. The Bertz CT molecular complexity index is 922. The van der Waals surface area contributed by atoms with E-state index < -0.39 is 0 Å². The third-order valence-electron chi connectivity index (χ3n) is 3.76. The summed E-state index contributed by atoms with van der Waals surface area (Å²) >= 11 is 1.16. The summed E-state index contributed by atoms with van der Waals surface area (Å²) in [7, 11) is 0. The van der Waals surface area contributed by atoms with Crippen molar-refractivity contribution in [2.24, 2.45) is 0 Å². The average molecular weight is 351 g/mol. The molecule has 4 aromatic rings. The number of benzene rings is 4. The molecule has 4 rings (SSSR count). The van der Waals surface area contributed by atoms with Gasteiger partial charge in [0.2, 0.25) is 0 Å². The maximum absolute atomic E-state index is 2.34. The zero-order valence-electron chi connectivity index (χ0n) is 10.4. The van der Waals surface area contributed by atoms with Crippen LogP contribution in [-0.2, 0) is 0 Å². The van der Waals surface area contributed by atoms with Crippen molar-refractivity contribution in [1.82, 2.24) is 0 Å². The predicted molar refractivity (Wildman–Crippen MR) is 87.1 cm³/mol. The molecule has 0 bridgehead atoms. The molecule has 0 atom stereocenters. The molecule has 4 aromatic carbocycles. The number of hydrogen-bond acceptors (Lipinski definition) is 0.